The van der Waals surface area contributed by atoms with Crippen molar-refractivity contribution in [3.05, 3.63) is 29.3 Å². The summed E-state index contributed by atoms with van der Waals surface area (Å²) in [6.07, 6.45) is 1.49. The molecule has 0 bridgehead atoms. The lowest BCUT2D eigenvalue weighted by atomic mass is 10.1. The molecule has 1 fully saturated rings. The first-order valence-corrected chi connectivity index (χ1v) is 7.09. The van der Waals surface area contributed by atoms with Crippen LogP contribution in [0.25, 0.3) is 0 Å². The Kier molecular flexibility index (Phi) is 5.50. The van der Waals surface area contributed by atoms with Gasteiger partial charge in [-0.3, -0.25) is 4.79 Å². The number of nitrogens with one attached hydrogen (secondary N) is 1. The molecule has 1 N–H and O–H groups in total. The van der Waals surface area contributed by atoms with Gasteiger partial charge in [-0.2, -0.15) is 0 Å². The van der Waals surface area contributed by atoms with Gasteiger partial charge in [-0.05, 0) is 6.07 Å². The van der Waals surface area contributed by atoms with Crippen molar-refractivity contribution >= 4 is 5.91 Å². The lowest BCUT2D eigenvalue weighted by Crippen LogP contribution is -2.27. The van der Waals surface area contributed by atoms with Crippen LogP contribution in [0.3, 0.4) is 0 Å². The Bertz CT molecular complexity index is 502. The van der Waals surface area contributed by atoms with Gasteiger partial charge in [-0.1, -0.05) is 6.92 Å². The number of carbonyl (C=O) groups excluding carboxylic acids is 1. The third-order valence-corrected chi connectivity index (χ3v) is 3.34. The maximum atomic E-state index is 14.0. The van der Waals surface area contributed by atoms with Gasteiger partial charge >= 0.3 is 0 Å². The van der Waals surface area contributed by atoms with Gasteiger partial charge in [0.15, 0.2) is 11.6 Å². The molecule has 21 heavy (non-hydrogen) atoms. The van der Waals surface area contributed by atoms with E-state index in [0.717, 1.165) is 6.07 Å². The summed E-state index contributed by atoms with van der Waals surface area (Å²) in [7, 11) is 0. The van der Waals surface area contributed by atoms with E-state index in [0.29, 0.717) is 38.0 Å². The smallest absolute Gasteiger partial charge is 0.219 e. The minimum Gasteiger partial charge on any atom is -0.487 e. The normalized spacial score (nSPS) is 15.8. The molecule has 2 rings (SSSR count). The molecule has 0 radical (unpaired) electrons. The van der Waals surface area contributed by atoms with Gasteiger partial charge in [0.05, 0.1) is 13.2 Å². The lowest BCUT2D eigenvalue weighted by Gasteiger charge is -2.25. The van der Waals surface area contributed by atoms with E-state index < -0.39 is 11.6 Å². The standard InChI is InChI=1S/C15H19F2NO3/c1-2-14(19)18-9-10-7-11(16)8-13(17)15(10)21-12-3-5-20-6-4-12/h7-8,12H,2-6,9H2,1H3,(H,18,19). The van der Waals surface area contributed by atoms with Crippen molar-refractivity contribution in [2.75, 3.05) is 13.2 Å². The van der Waals surface area contributed by atoms with E-state index in [1.807, 2.05) is 0 Å². The molecule has 1 heterocycles. The van der Waals surface area contributed by atoms with Crippen LogP contribution in [0, 0.1) is 11.6 Å². The van der Waals surface area contributed by atoms with Crippen LogP contribution in [0.15, 0.2) is 12.1 Å². The summed E-state index contributed by atoms with van der Waals surface area (Å²) in [4.78, 5) is 11.3. The largest absolute Gasteiger partial charge is 0.487 e. The maximum absolute atomic E-state index is 14.0. The highest BCUT2D eigenvalue weighted by molar-refractivity contribution is 5.75. The van der Waals surface area contributed by atoms with Crippen molar-refractivity contribution in [2.45, 2.75) is 38.8 Å². The van der Waals surface area contributed by atoms with Crippen molar-refractivity contribution < 1.29 is 23.0 Å². The summed E-state index contributed by atoms with van der Waals surface area (Å²) < 4.78 is 38.2. The zero-order valence-electron chi connectivity index (χ0n) is 12.0. The molecule has 6 heteroatoms. The molecule has 1 aromatic rings. The highest BCUT2D eigenvalue weighted by atomic mass is 19.1. The van der Waals surface area contributed by atoms with Crippen LogP contribution in [0.2, 0.25) is 0 Å². The van der Waals surface area contributed by atoms with Crippen LogP contribution < -0.4 is 10.1 Å². The second-order valence-electron chi connectivity index (χ2n) is 4.94. The highest BCUT2D eigenvalue weighted by Gasteiger charge is 2.20. The summed E-state index contributed by atoms with van der Waals surface area (Å²) in [5.41, 5.74) is 0.306. The molecule has 1 amide bonds. The second-order valence-corrected chi connectivity index (χ2v) is 4.94. The maximum Gasteiger partial charge on any atom is 0.219 e. The summed E-state index contributed by atoms with van der Waals surface area (Å²) in [6.45, 7) is 2.88. The molecule has 4 nitrogen and oxygen atoms in total. The van der Waals surface area contributed by atoms with E-state index >= 15 is 0 Å². The molecule has 1 aliphatic rings. The van der Waals surface area contributed by atoms with Crippen molar-refractivity contribution in [1.29, 1.82) is 0 Å². The topological polar surface area (TPSA) is 47.6 Å². The number of carbonyl (C=O) groups is 1. The Labute approximate surface area is 122 Å². The van der Waals surface area contributed by atoms with Gasteiger partial charge in [0, 0.05) is 37.4 Å². The van der Waals surface area contributed by atoms with Crippen molar-refractivity contribution in [2.24, 2.45) is 0 Å². The van der Waals surface area contributed by atoms with Gasteiger partial charge < -0.3 is 14.8 Å². The minimum absolute atomic E-state index is 0.0136. The van der Waals surface area contributed by atoms with Crippen LogP contribution in [-0.4, -0.2) is 25.2 Å². The van der Waals surface area contributed by atoms with Gasteiger partial charge in [0.2, 0.25) is 5.91 Å². The Morgan fingerprint density at radius 1 is 1.38 bits per heavy atom. The van der Waals surface area contributed by atoms with E-state index in [1.54, 1.807) is 6.92 Å². The van der Waals surface area contributed by atoms with E-state index in [9.17, 15) is 13.6 Å². The molecule has 0 spiro atoms. The second kappa shape index (κ2) is 7.36. The van der Waals surface area contributed by atoms with E-state index in [2.05, 4.69) is 5.32 Å². The fourth-order valence-corrected chi connectivity index (χ4v) is 2.16. The molecule has 116 valence electrons. The molecule has 0 saturated carbocycles. The predicted octanol–water partition coefficient (Wildman–Crippen LogP) is 2.55. The van der Waals surface area contributed by atoms with E-state index in [-0.39, 0.29) is 24.3 Å². The third-order valence-electron chi connectivity index (χ3n) is 3.34. The Morgan fingerprint density at radius 3 is 2.76 bits per heavy atom. The lowest BCUT2D eigenvalue weighted by molar-refractivity contribution is -0.120. The Hall–Kier alpha value is -1.69. The first-order valence-electron chi connectivity index (χ1n) is 7.09. The summed E-state index contributed by atoms with van der Waals surface area (Å²) in [5.74, 6) is -1.61. The van der Waals surface area contributed by atoms with Crippen LogP contribution in [0.4, 0.5) is 8.78 Å². The Balaban J connectivity index is 2.14. The molecule has 1 saturated heterocycles. The number of halogens is 2. The number of amides is 1. The van der Waals surface area contributed by atoms with Crippen molar-refractivity contribution in [3.8, 4) is 5.75 Å². The number of hydrogen-bond donors (Lipinski definition) is 1. The average Bonchev–Trinajstić information content (AvgIpc) is 2.48. The molecule has 0 atom stereocenters. The van der Waals surface area contributed by atoms with Crippen molar-refractivity contribution in [1.82, 2.24) is 5.32 Å². The summed E-state index contributed by atoms with van der Waals surface area (Å²) >= 11 is 0. The highest BCUT2D eigenvalue weighted by Crippen LogP contribution is 2.27. The average molecular weight is 299 g/mol. The minimum atomic E-state index is -0.748. The molecule has 0 aromatic heterocycles. The molecular formula is C15H19F2NO3. The first kappa shape index (κ1) is 15.7. The summed E-state index contributed by atoms with van der Waals surface area (Å²) in [5, 5.41) is 2.60. The van der Waals surface area contributed by atoms with Gasteiger partial charge in [-0.15, -0.1) is 0 Å². The Morgan fingerprint density at radius 2 is 2.10 bits per heavy atom. The van der Waals surface area contributed by atoms with Gasteiger partial charge in [0.1, 0.15) is 11.9 Å². The quantitative estimate of drug-likeness (QED) is 0.909. The van der Waals surface area contributed by atoms with E-state index in [4.69, 9.17) is 9.47 Å². The number of rotatable bonds is 5. The third kappa shape index (κ3) is 4.39. The molecular weight excluding hydrogens is 280 g/mol. The molecule has 0 unspecified atom stereocenters. The van der Waals surface area contributed by atoms with Crippen LogP contribution in [0.5, 0.6) is 5.75 Å². The summed E-state index contributed by atoms with van der Waals surface area (Å²) in [6, 6.07) is 1.98. The zero-order valence-corrected chi connectivity index (χ0v) is 12.0. The van der Waals surface area contributed by atoms with Crippen molar-refractivity contribution in [3.63, 3.8) is 0 Å². The zero-order chi connectivity index (χ0) is 15.2. The van der Waals surface area contributed by atoms with Crippen LogP contribution in [-0.2, 0) is 16.1 Å². The van der Waals surface area contributed by atoms with Gasteiger partial charge in [0.25, 0.3) is 0 Å². The fraction of sp³-hybridized carbons (Fsp3) is 0.533. The number of benzene rings is 1. The molecule has 1 aromatic carbocycles. The molecule has 1 aliphatic heterocycles. The van der Waals surface area contributed by atoms with Gasteiger partial charge in [-0.25, -0.2) is 8.78 Å². The number of hydrogen-bond acceptors (Lipinski definition) is 3. The van der Waals surface area contributed by atoms with E-state index in [1.165, 1.54) is 6.07 Å². The monoisotopic (exact) mass is 299 g/mol. The number of ether oxygens (including phenoxy) is 2. The molecule has 0 aliphatic carbocycles. The first-order chi connectivity index (χ1) is 10.1. The SMILES string of the molecule is CCC(=O)NCc1cc(F)cc(F)c1OC1CCOCC1. The predicted molar refractivity (Wildman–Crippen MR) is 73.0 cm³/mol. The van der Waals surface area contributed by atoms with Crippen LogP contribution >= 0.6 is 0 Å². The fourth-order valence-electron chi connectivity index (χ4n) is 2.16. The van der Waals surface area contributed by atoms with Crippen LogP contribution in [0.1, 0.15) is 31.7 Å².